The molecule has 2 N–H and O–H groups in total. The van der Waals surface area contributed by atoms with E-state index < -0.39 is 10.0 Å². The van der Waals surface area contributed by atoms with Crippen molar-refractivity contribution < 1.29 is 18.0 Å². The summed E-state index contributed by atoms with van der Waals surface area (Å²) in [6, 6.07) is 21.1. The average molecular weight is 478 g/mol. The van der Waals surface area contributed by atoms with Gasteiger partial charge in [-0.25, -0.2) is 8.42 Å². The minimum absolute atomic E-state index is 0.0517. The van der Waals surface area contributed by atoms with Crippen molar-refractivity contribution in [2.45, 2.75) is 44.0 Å². The van der Waals surface area contributed by atoms with E-state index in [1.807, 2.05) is 37.3 Å². The van der Waals surface area contributed by atoms with E-state index in [4.69, 9.17) is 0 Å². The first-order valence-corrected chi connectivity index (χ1v) is 12.7. The van der Waals surface area contributed by atoms with Gasteiger partial charge in [-0.3, -0.25) is 14.3 Å². The molecule has 0 saturated heterocycles. The Kier molecular flexibility index (Phi) is 6.98. The van der Waals surface area contributed by atoms with Gasteiger partial charge in [-0.05, 0) is 66.4 Å². The van der Waals surface area contributed by atoms with Crippen molar-refractivity contribution in [2.24, 2.45) is 0 Å². The van der Waals surface area contributed by atoms with Gasteiger partial charge in [0.2, 0.25) is 11.8 Å². The Bertz CT molecular complexity index is 1290. The zero-order chi connectivity index (χ0) is 24.1. The van der Waals surface area contributed by atoms with Crippen LogP contribution in [0.15, 0.2) is 77.7 Å². The third kappa shape index (κ3) is 5.46. The highest BCUT2D eigenvalue weighted by Crippen LogP contribution is 2.32. The van der Waals surface area contributed by atoms with E-state index in [0.717, 1.165) is 23.2 Å². The van der Waals surface area contributed by atoms with Gasteiger partial charge in [0.15, 0.2) is 0 Å². The van der Waals surface area contributed by atoms with Crippen molar-refractivity contribution in [1.82, 2.24) is 0 Å². The lowest BCUT2D eigenvalue weighted by Gasteiger charge is -2.30. The number of nitrogens with zero attached hydrogens (tertiary/aromatic N) is 1. The molecule has 2 amide bonds. The molecule has 0 fully saturated rings. The van der Waals surface area contributed by atoms with Gasteiger partial charge in [0.1, 0.15) is 0 Å². The van der Waals surface area contributed by atoms with Crippen LogP contribution < -0.4 is 14.9 Å². The molecule has 176 valence electrons. The Hall–Kier alpha value is -3.65. The maximum Gasteiger partial charge on any atom is 0.261 e. The molecule has 0 bridgehead atoms. The number of amides is 2. The number of sulfonamides is 1. The molecule has 0 aliphatic carbocycles. The summed E-state index contributed by atoms with van der Waals surface area (Å²) in [6.07, 6.45) is 2.08. The molecular formula is C26H27N3O4S. The SMILES string of the molecule is CCCC(=O)Nc1ccc(S(=O)(=O)Nc2ccc3c(c2)CCC(=O)N3Cc2ccccc2)cc1. The molecule has 1 heterocycles. The summed E-state index contributed by atoms with van der Waals surface area (Å²) in [7, 11) is -3.81. The number of hydrogen-bond donors (Lipinski definition) is 2. The van der Waals surface area contributed by atoms with Crippen LogP contribution in [0.25, 0.3) is 0 Å². The lowest BCUT2D eigenvalue weighted by molar-refractivity contribution is -0.119. The van der Waals surface area contributed by atoms with Crippen LogP contribution in [0.5, 0.6) is 0 Å². The Labute approximate surface area is 199 Å². The predicted molar refractivity (Wildman–Crippen MR) is 133 cm³/mol. The summed E-state index contributed by atoms with van der Waals surface area (Å²) in [4.78, 5) is 26.2. The summed E-state index contributed by atoms with van der Waals surface area (Å²) in [6.45, 7) is 2.39. The van der Waals surface area contributed by atoms with Gasteiger partial charge >= 0.3 is 0 Å². The molecule has 7 nitrogen and oxygen atoms in total. The van der Waals surface area contributed by atoms with Gasteiger partial charge in [-0.15, -0.1) is 0 Å². The molecule has 0 atom stereocenters. The molecule has 1 aliphatic rings. The zero-order valence-electron chi connectivity index (χ0n) is 19.0. The van der Waals surface area contributed by atoms with Gasteiger partial charge in [-0.2, -0.15) is 0 Å². The normalized spacial score (nSPS) is 13.3. The second-order valence-corrected chi connectivity index (χ2v) is 9.92. The fourth-order valence-corrected chi connectivity index (χ4v) is 4.99. The quantitative estimate of drug-likeness (QED) is 0.491. The van der Waals surface area contributed by atoms with Crippen molar-refractivity contribution in [1.29, 1.82) is 0 Å². The lowest BCUT2D eigenvalue weighted by Crippen LogP contribution is -2.34. The highest BCUT2D eigenvalue weighted by molar-refractivity contribution is 7.92. The van der Waals surface area contributed by atoms with Crippen molar-refractivity contribution in [3.63, 3.8) is 0 Å². The second-order valence-electron chi connectivity index (χ2n) is 8.24. The minimum atomic E-state index is -3.81. The standard InChI is InChI=1S/C26H27N3O4S/c1-2-6-25(30)27-21-10-13-23(14-11-21)34(32,33)28-22-12-15-24-20(17-22)9-16-26(31)29(24)18-19-7-4-3-5-8-19/h3-5,7-8,10-15,17,28H,2,6,9,16,18H2,1H3,(H,27,30). The van der Waals surface area contributed by atoms with E-state index in [2.05, 4.69) is 10.0 Å². The number of carbonyl (C=O) groups is 2. The monoisotopic (exact) mass is 477 g/mol. The third-order valence-electron chi connectivity index (χ3n) is 5.64. The Balaban J connectivity index is 1.50. The maximum atomic E-state index is 12.9. The van der Waals surface area contributed by atoms with Gasteiger partial charge in [-0.1, -0.05) is 37.3 Å². The fraction of sp³-hybridized carbons (Fsp3) is 0.231. The predicted octanol–water partition coefficient (Wildman–Crippen LogP) is 4.71. The number of nitrogens with one attached hydrogen (secondary N) is 2. The Morgan fingerprint density at radius 2 is 1.65 bits per heavy atom. The largest absolute Gasteiger partial charge is 0.326 e. The summed E-state index contributed by atoms with van der Waals surface area (Å²) in [5, 5.41) is 2.74. The zero-order valence-corrected chi connectivity index (χ0v) is 19.8. The number of benzene rings is 3. The smallest absolute Gasteiger partial charge is 0.261 e. The summed E-state index contributed by atoms with van der Waals surface area (Å²) in [5.41, 5.74) is 3.74. The van der Waals surface area contributed by atoms with Crippen LogP contribution in [0.2, 0.25) is 0 Å². The van der Waals surface area contributed by atoms with Gasteiger partial charge < -0.3 is 10.2 Å². The van der Waals surface area contributed by atoms with Crippen molar-refractivity contribution in [3.8, 4) is 0 Å². The van der Waals surface area contributed by atoms with Gasteiger partial charge in [0.25, 0.3) is 10.0 Å². The first-order chi connectivity index (χ1) is 16.4. The molecule has 0 spiro atoms. The molecule has 0 saturated carbocycles. The van der Waals surface area contributed by atoms with Gasteiger partial charge in [0.05, 0.1) is 11.4 Å². The fourth-order valence-electron chi connectivity index (χ4n) is 3.94. The third-order valence-corrected chi connectivity index (χ3v) is 7.04. The summed E-state index contributed by atoms with van der Waals surface area (Å²) < 4.78 is 28.4. The van der Waals surface area contributed by atoms with E-state index in [9.17, 15) is 18.0 Å². The van der Waals surface area contributed by atoms with E-state index in [1.54, 1.807) is 35.2 Å². The van der Waals surface area contributed by atoms with E-state index >= 15 is 0 Å². The molecule has 1 aliphatic heterocycles. The number of aryl methyl sites for hydroxylation is 1. The molecule has 0 radical (unpaired) electrons. The number of carbonyl (C=O) groups excluding carboxylic acids is 2. The maximum absolute atomic E-state index is 12.9. The average Bonchev–Trinajstić information content (AvgIpc) is 2.82. The molecule has 3 aromatic carbocycles. The molecular weight excluding hydrogens is 450 g/mol. The van der Waals surface area contributed by atoms with E-state index in [-0.39, 0.29) is 16.7 Å². The molecule has 8 heteroatoms. The summed E-state index contributed by atoms with van der Waals surface area (Å²) >= 11 is 0. The molecule has 4 rings (SSSR count). The molecule has 3 aromatic rings. The van der Waals surface area contributed by atoms with Crippen molar-refractivity contribution in [2.75, 3.05) is 14.9 Å². The Morgan fingerprint density at radius 3 is 2.35 bits per heavy atom. The van der Waals surface area contributed by atoms with Crippen LogP contribution in [0.3, 0.4) is 0 Å². The number of fused-ring (bicyclic) bond motifs is 1. The summed E-state index contributed by atoms with van der Waals surface area (Å²) in [5.74, 6) is -0.0547. The van der Waals surface area contributed by atoms with E-state index in [1.165, 1.54) is 12.1 Å². The number of hydrogen-bond acceptors (Lipinski definition) is 4. The Morgan fingerprint density at radius 1 is 0.941 bits per heavy atom. The van der Waals surface area contributed by atoms with Crippen molar-refractivity contribution in [3.05, 3.63) is 83.9 Å². The van der Waals surface area contributed by atoms with Crippen LogP contribution >= 0.6 is 0 Å². The molecule has 0 unspecified atom stereocenters. The van der Waals surface area contributed by atoms with E-state index in [0.29, 0.717) is 37.2 Å². The van der Waals surface area contributed by atoms with Crippen molar-refractivity contribution >= 4 is 38.9 Å². The van der Waals surface area contributed by atoms with Crippen LogP contribution in [0, 0.1) is 0 Å². The molecule has 34 heavy (non-hydrogen) atoms. The first kappa shape index (κ1) is 23.5. The molecule has 0 aromatic heterocycles. The first-order valence-electron chi connectivity index (χ1n) is 11.3. The van der Waals surface area contributed by atoms with Crippen LogP contribution in [0.1, 0.15) is 37.3 Å². The lowest BCUT2D eigenvalue weighted by atomic mass is 10.00. The van der Waals surface area contributed by atoms with Crippen LogP contribution in [0.4, 0.5) is 17.1 Å². The minimum Gasteiger partial charge on any atom is -0.326 e. The topological polar surface area (TPSA) is 95.6 Å². The highest BCUT2D eigenvalue weighted by atomic mass is 32.2. The number of anilines is 3. The van der Waals surface area contributed by atoms with Gasteiger partial charge in [0, 0.05) is 29.9 Å². The van der Waals surface area contributed by atoms with Crippen LogP contribution in [-0.4, -0.2) is 20.2 Å². The second kappa shape index (κ2) is 10.1. The number of rotatable bonds is 8. The van der Waals surface area contributed by atoms with Crippen LogP contribution in [-0.2, 0) is 32.6 Å². The highest BCUT2D eigenvalue weighted by Gasteiger charge is 2.25.